The van der Waals surface area contributed by atoms with Gasteiger partial charge in [0.2, 0.25) is 0 Å². The molecule has 2 rings (SSSR count). The van der Waals surface area contributed by atoms with Gasteiger partial charge in [0, 0.05) is 31.6 Å². The molecular formula is C13H20N2O2. The Hall–Kier alpha value is -1.13. The predicted octanol–water partition coefficient (Wildman–Crippen LogP) is 1.53. The first-order valence-corrected chi connectivity index (χ1v) is 6.09. The molecule has 4 heteroatoms. The van der Waals surface area contributed by atoms with Crippen LogP contribution in [-0.4, -0.2) is 28.9 Å². The summed E-state index contributed by atoms with van der Waals surface area (Å²) < 4.78 is 5.56. The van der Waals surface area contributed by atoms with E-state index in [9.17, 15) is 5.11 Å². The fourth-order valence-electron chi connectivity index (χ4n) is 2.65. The van der Waals surface area contributed by atoms with E-state index in [2.05, 4.69) is 4.98 Å². The first-order valence-electron chi connectivity index (χ1n) is 6.09. The van der Waals surface area contributed by atoms with E-state index in [4.69, 9.17) is 10.5 Å². The third-order valence-corrected chi connectivity index (χ3v) is 3.82. The monoisotopic (exact) mass is 236 g/mol. The average molecular weight is 236 g/mol. The van der Waals surface area contributed by atoms with Gasteiger partial charge in [-0.3, -0.25) is 4.98 Å². The number of hydrogen-bond donors (Lipinski definition) is 2. The molecule has 4 nitrogen and oxygen atoms in total. The summed E-state index contributed by atoms with van der Waals surface area (Å²) in [6.45, 7) is 0. The van der Waals surface area contributed by atoms with Crippen LogP contribution in [0.2, 0.25) is 0 Å². The van der Waals surface area contributed by atoms with Gasteiger partial charge in [0.1, 0.15) is 0 Å². The highest BCUT2D eigenvalue weighted by Gasteiger charge is 2.40. The second-order valence-electron chi connectivity index (χ2n) is 4.77. The quantitative estimate of drug-likeness (QED) is 0.831. The van der Waals surface area contributed by atoms with Crippen LogP contribution in [0, 0.1) is 0 Å². The third-order valence-electron chi connectivity index (χ3n) is 3.82. The molecule has 1 aromatic rings. The zero-order chi connectivity index (χ0) is 12.3. The number of nitrogens with two attached hydrogens (primary N) is 1. The van der Waals surface area contributed by atoms with Gasteiger partial charge in [-0.1, -0.05) is 12.8 Å². The molecular weight excluding hydrogens is 216 g/mol. The molecule has 0 bridgehead atoms. The lowest BCUT2D eigenvalue weighted by molar-refractivity contribution is -0.0970. The number of methoxy groups -OCH3 is 1. The summed E-state index contributed by atoms with van der Waals surface area (Å²) in [5.41, 5.74) is 7.05. The molecule has 17 heavy (non-hydrogen) atoms. The highest BCUT2D eigenvalue weighted by Crippen LogP contribution is 2.37. The van der Waals surface area contributed by atoms with E-state index in [1.807, 2.05) is 0 Å². The van der Waals surface area contributed by atoms with Gasteiger partial charge >= 0.3 is 0 Å². The minimum absolute atomic E-state index is 0.387. The lowest BCUT2D eigenvalue weighted by atomic mass is 9.90. The van der Waals surface area contributed by atoms with Crippen LogP contribution in [-0.2, 0) is 11.2 Å². The highest BCUT2D eigenvalue weighted by atomic mass is 16.5. The van der Waals surface area contributed by atoms with Gasteiger partial charge in [0.15, 0.2) is 0 Å². The first-order chi connectivity index (χ1) is 8.18. The number of nitrogen functional groups attached to an aromatic ring is 1. The number of pyridine rings is 1. The molecule has 1 unspecified atom stereocenters. The van der Waals surface area contributed by atoms with E-state index in [1.54, 1.807) is 25.6 Å². The highest BCUT2D eigenvalue weighted by molar-refractivity contribution is 5.44. The standard InChI is InChI=1S/C13H20N2O2/c1-17-13(5-2-3-6-13)12(16)8-10-9-15-7-4-11(10)14/h4,7,9,12,16H,2-3,5-6,8H2,1H3,(H2,14,15). The van der Waals surface area contributed by atoms with Gasteiger partial charge in [0.05, 0.1) is 11.7 Å². The molecule has 0 amide bonds. The zero-order valence-corrected chi connectivity index (χ0v) is 10.2. The van der Waals surface area contributed by atoms with Crippen molar-refractivity contribution in [1.82, 2.24) is 4.98 Å². The van der Waals surface area contributed by atoms with E-state index >= 15 is 0 Å². The Kier molecular flexibility index (Phi) is 3.64. The van der Waals surface area contributed by atoms with Gasteiger partial charge in [-0.2, -0.15) is 0 Å². The van der Waals surface area contributed by atoms with Crippen LogP contribution in [0.4, 0.5) is 5.69 Å². The summed E-state index contributed by atoms with van der Waals surface area (Å²) in [5, 5.41) is 10.4. The van der Waals surface area contributed by atoms with Gasteiger partial charge in [-0.15, -0.1) is 0 Å². The second-order valence-corrected chi connectivity index (χ2v) is 4.77. The molecule has 1 aliphatic rings. The Morgan fingerprint density at radius 3 is 2.82 bits per heavy atom. The van der Waals surface area contributed by atoms with Crippen molar-refractivity contribution in [2.45, 2.75) is 43.8 Å². The smallest absolute Gasteiger partial charge is 0.0939 e. The predicted molar refractivity (Wildman–Crippen MR) is 66.6 cm³/mol. The lowest BCUT2D eigenvalue weighted by Gasteiger charge is -2.33. The molecule has 1 saturated carbocycles. The SMILES string of the molecule is COC1(C(O)Cc2cnccc2N)CCCC1. The van der Waals surface area contributed by atoms with Crippen LogP contribution >= 0.6 is 0 Å². The maximum Gasteiger partial charge on any atom is 0.0939 e. The molecule has 0 aliphatic heterocycles. The minimum Gasteiger partial charge on any atom is -0.398 e. The summed E-state index contributed by atoms with van der Waals surface area (Å²) in [5.74, 6) is 0. The van der Waals surface area contributed by atoms with Crippen LogP contribution < -0.4 is 5.73 Å². The van der Waals surface area contributed by atoms with E-state index in [1.165, 1.54) is 0 Å². The van der Waals surface area contributed by atoms with Gasteiger partial charge in [-0.05, 0) is 24.5 Å². The number of hydrogen-bond acceptors (Lipinski definition) is 4. The number of rotatable bonds is 4. The molecule has 1 heterocycles. The van der Waals surface area contributed by atoms with Gasteiger partial charge < -0.3 is 15.6 Å². The molecule has 3 N–H and O–H groups in total. The summed E-state index contributed by atoms with van der Waals surface area (Å²) >= 11 is 0. The topological polar surface area (TPSA) is 68.4 Å². The van der Waals surface area contributed by atoms with Crippen molar-refractivity contribution < 1.29 is 9.84 Å². The summed E-state index contributed by atoms with van der Waals surface area (Å²) in [4.78, 5) is 4.04. The fraction of sp³-hybridized carbons (Fsp3) is 0.615. The number of aromatic nitrogens is 1. The Labute approximate surface area is 102 Å². The van der Waals surface area contributed by atoms with Crippen molar-refractivity contribution in [3.63, 3.8) is 0 Å². The first kappa shape index (κ1) is 12.3. The fourth-order valence-corrected chi connectivity index (χ4v) is 2.65. The maximum absolute atomic E-state index is 10.4. The van der Waals surface area contributed by atoms with Crippen molar-refractivity contribution in [2.24, 2.45) is 0 Å². The van der Waals surface area contributed by atoms with Gasteiger partial charge in [0.25, 0.3) is 0 Å². The number of ether oxygens (including phenoxy) is 1. The van der Waals surface area contributed by atoms with Crippen molar-refractivity contribution in [2.75, 3.05) is 12.8 Å². The normalized spacial score (nSPS) is 20.4. The molecule has 0 spiro atoms. The van der Waals surface area contributed by atoms with Crippen LogP contribution in [0.1, 0.15) is 31.2 Å². The van der Waals surface area contributed by atoms with E-state index in [0.717, 1.165) is 31.2 Å². The molecule has 0 saturated heterocycles. The van der Waals surface area contributed by atoms with E-state index in [-0.39, 0.29) is 5.60 Å². The molecule has 0 radical (unpaired) electrons. The summed E-state index contributed by atoms with van der Waals surface area (Å²) in [6, 6.07) is 1.76. The number of aliphatic hydroxyl groups is 1. The van der Waals surface area contributed by atoms with Crippen LogP contribution in [0.3, 0.4) is 0 Å². The van der Waals surface area contributed by atoms with Crippen LogP contribution in [0.15, 0.2) is 18.5 Å². The summed E-state index contributed by atoms with van der Waals surface area (Å²) in [6.07, 6.45) is 7.45. The number of anilines is 1. The Morgan fingerprint density at radius 2 is 2.24 bits per heavy atom. The molecule has 0 aromatic carbocycles. The summed E-state index contributed by atoms with van der Waals surface area (Å²) in [7, 11) is 1.68. The lowest BCUT2D eigenvalue weighted by Crippen LogP contribution is -2.43. The third kappa shape index (κ3) is 2.42. The molecule has 1 aromatic heterocycles. The average Bonchev–Trinajstić information content (AvgIpc) is 2.82. The maximum atomic E-state index is 10.4. The van der Waals surface area contributed by atoms with Crippen LogP contribution in [0.5, 0.6) is 0 Å². The number of nitrogens with zero attached hydrogens (tertiary/aromatic N) is 1. The van der Waals surface area contributed by atoms with E-state index in [0.29, 0.717) is 12.1 Å². The van der Waals surface area contributed by atoms with Crippen molar-refractivity contribution >= 4 is 5.69 Å². The van der Waals surface area contributed by atoms with Gasteiger partial charge in [-0.25, -0.2) is 0 Å². The Balaban J connectivity index is 2.10. The molecule has 1 atom stereocenters. The van der Waals surface area contributed by atoms with Crippen LogP contribution in [0.25, 0.3) is 0 Å². The Morgan fingerprint density at radius 1 is 1.53 bits per heavy atom. The van der Waals surface area contributed by atoms with Crippen molar-refractivity contribution in [3.8, 4) is 0 Å². The molecule has 1 fully saturated rings. The number of aliphatic hydroxyl groups excluding tert-OH is 1. The minimum atomic E-state index is -0.513. The largest absolute Gasteiger partial charge is 0.398 e. The second kappa shape index (κ2) is 5.02. The van der Waals surface area contributed by atoms with Crippen molar-refractivity contribution in [1.29, 1.82) is 0 Å². The molecule has 94 valence electrons. The van der Waals surface area contributed by atoms with E-state index < -0.39 is 6.10 Å². The zero-order valence-electron chi connectivity index (χ0n) is 10.2. The molecule has 1 aliphatic carbocycles. The Bertz CT molecular complexity index is 375. The van der Waals surface area contributed by atoms with Crippen molar-refractivity contribution in [3.05, 3.63) is 24.0 Å².